The second kappa shape index (κ2) is 6.81. The fraction of sp³-hybridized carbons (Fsp3) is 0.0714. The van der Waals surface area contributed by atoms with E-state index in [2.05, 4.69) is 9.97 Å². The fourth-order valence-electron chi connectivity index (χ4n) is 1.81. The van der Waals surface area contributed by atoms with Crippen LogP contribution in [0.2, 0.25) is 0 Å². The molecule has 0 atom stereocenters. The second-order valence-corrected chi connectivity index (χ2v) is 6.21. The molecule has 0 spiro atoms. The van der Waals surface area contributed by atoms with E-state index in [9.17, 15) is 9.90 Å². The van der Waals surface area contributed by atoms with Crippen molar-refractivity contribution in [2.24, 2.45) is 0 Å². The minimum absolute atomic E-state index is 0. The van der Waals surface area contributed by atoms with Crippen molar-refractivity contribution in [1.29, 1.82) is 0 Å². The van der Waals surface area contributed by atoms with Gasteiger partial charge in [-0.2, -0.15) is 0 Å². The van der Waals surface area contributed by atoms with Gasteiger partial charge in [0.1, 0.15) is 5.01 Å². The topological polar surface area (TPSA) is 65.9 Å². The Morgan fingerprint density at radius 1 is 1.19 bits per heavy atom. The molecule has 3 aromatic rings. The van der Waals surface area contributed by atoms with Crippen molar-refractivity contribution in [2.45, 2.75) is 6.92 Å². The van der Waals surface area contributed by atoms with Crippen molar-refractivity contribution in [2.75, 3.05) is 0 Å². The molecule has 0 aliphatic heterocycles. The molecule has 0 bridgehead atoms. The molecule has 3 rings (SSSR count). The first kappa shape index (κ1) is 16.3. The van der Waals surface area contributed by atoms with Crippen molar-refractivity contribution >= 4 is 28.6 Å². The molecule has 21 heavy (non-hydrogen) atoms. The molecule has 0 fully saturated rings. The molecular weight excluding hydrogens is 315 g/mol. The van der Waals surface area contributed by atoms with Crippen LogP contribution in [-0.2, 0) is 0 Å². The Morgan fingerprint density at radius 2 is 1.95 bits per heavy atom. The maximum atomic E-state index is 10.9. The Labute approximate surface area is 151 Å². The minimum atomic E-state index is -1.17. The van der Waals surface area contributed by atoms with E-state index in [1.54, 1.807) is 30.7 Å². The number of nitrogens with zero attached hydrogens (tertiary/aromatic N) is 2. The van der Waals surface area contributed by atoms with Gasteiger partial charge in [0.25, 0.3) is 0 Å². The first-order chi connectivity index (χ1) is 9.65. The number of aryl methyl sites for hydroxylation is 1. The summed E-state index contributed by atoms with van der Waals surface area (Å²) in [6.07, 6.45) is 3.53. The summed E-state index contributed by atoms with van der Waals surface area (Å²) in [6.45, 7) is 1.68. The Hall–Kier alpha value is -1.05. The number of aromatic carboxylic acids is 1. The number of carbonyl (C=O) groups excluding carboxylic acids is 1. The second-order valence-electron chi connectivity index (χ2n) is 4.13. The largest absolute Gasteiger partial charge is 1.00 e. The predicted molar refractivity (Wildman–Crippen MR) is 77.7 cm³/mol. The molecule has 100 valence electrons. The number of rotatable bonds is 3. The van der Waals surface area contributed by atoms with Gasteiger partial charge in [-0.05, 0) is 25.1 Å². The third kappa shape index (κ3) is 3.41. The summed E-state index contributed by atoms with van der Waals surface area (Å²) in [5, 5.41) is 11.7. The number of aromatic nitrogens is 2. The van der Waals surface area contributed by atoms with Crippen molar-refractivity contribution in [3.05, 3.63) is 47.2 Å². The minimum Gasteiger partial charge on any atom is -0.544 e. The van der Waals surface area contributed by atoms with Gasteiger partial charge in [-0.1, -0.05) is 6.07 Å². The zero-order chi connectivity index (χ0) is 14.1. The summed E-state index contributed by atoms with van der Waals surface area (Å²) in [6, 6.07) is 7.82. The molecule has 0 saturated heterocycles. The van der Waals surface area contributed by atoms with Crippen LogP contribution in [0.4, 0.5) is 0 Å². The number of carbonyl (C=O) groups is 1. The van der Waals surface area contributed by atoms with Crippen LogP contribution in [0, 0.1) is 6.92 Å². The summed E-state index contributed by atoms with van der Waals surface area (Å²) >= 11 is 2.72. The van der Waals surface area contributed by atoms with Gasteiger partial charge < -0.3 is 9.90 Å². The average Bonchev–Trinajstić information content (AvgIpc) is 3.06. The van der Waals surface area contributed by atoms with Crippen molar-refractivity contribution < 1.29 is 39.5 Å². The van der Waals surface area contributed by atoms with Gasteiger partial charge in [-0.25, -0.2) is 4.98 Å². The van der Waals surface area contributed by atoms with Crippen LogP contribution in [0.25, 0.3) is 20.3 Å². The van der Waals surface area contributed by atoms with Gasteiger partial charge in [-0.15, -0.1) is 22.7 Å². The summed E-state index contributed by atoms with van der Waals surface area (Å²) < 4.78 is 0. The van der Waals surface area contributed by atoms with Crippen molar-refractivity contribution in [3.8, 4) is 20.3 Å². The van der Waals surface area contributed by atoms with Crippen LogP contribution >= 0.6 is 22.7 Å². The third-order valence-corrected chi connectivity index (χ3v) is 5.19. The van der Waals surface area contributed by atoms with Crippen LogP contribution in [-0.4, -0.2) is 15.9 Å². The molecule has 3 aromatic heterocycles. The quantitative estimate of drug-likeness (QED) is 0.616. The number of thiophene rings is 1. The standard InChI is InChI=1S/C14H10N2O2S2.Na/c1-8-12(14(17)18)20-13(16-8)11-5-4-10(19-11)9-3-2-6-15-7-9;/h2-7H,1H3,(H,17,18);/q;+1/p-1. The van der Waals surface area contributed by atoms with Gasteiger partial charge in [0.05, 0.1) is 21.4 Å². The van der Waals surface area contributed by atoms with Crippen LogP contribution in [0.3, 0.4) is 0 Å². The monoisotopic (exact) mass is 324 g/mol. The van der Waals surface area contributed by atoms with Crippen LogP contribution in [0.1, 0.15) is 15.4 Å². The summed E-state index contributed by atoms with van der Waals surface area (Å²) in [5.74, 6) is -1.17. The molecule has 0 N–H and O–H groups in total. The van der Waals surface area contributed by atoms with Gasteiger partial charge in [0.2, 0.25) is 0 Å². The SMILES string of the molecule is Cc1nc(-c2ccc(-c3cccnc3)s2)sc1C(=O)[O-].[Na+]. The number of carboxylic acids is 1. The number of hydrogen-bond donors (Lipinski definition) is 0. The Bertz CT molecular complexity index is 768. The van der Waals surface area contributed by atoms with Crippen LogP contribution in [0.5, 0.6) is 0 Å². The van der Waals surface area contributed by atoms with E-state index >= 15 is 0 Å². The Morgan fingerprint density at radius 3 is 2.57 bits per heavy atom. The molecule has 0 unspecified atom stereocenters. The number of thiazole rings is 1. The van der Waals surface area contributed by atoms with Gasteiger partial charge in [0, 0.05) is 22.8 Å². The van der Waals surface area contributed by atoms with Crippen molar-refractivity contribution in [3.63, 3.8) is 0 Å². The maximum Gasteiger partial charge on any atom is 1.00 e. The van der Waals surface area contributed by atoms with Gasteiger partial charge in [0.15, 0.2) is 0 Å². The van der Waals surface area contributed by atoms with Gasteiger partial charge in [-0.3, -0.25) is 4.98 Å². The third-order valence-electron chi connectivity index (χ3n) is 2.74. The summed E-state index contributed by atoms with van der Waals surface area (Å²) in [7, 11) is 0. The smallest absolute Gasteiger partial charge is 0.544 e. The molecule has 0 radical (unpaired) electrons. The number of carboxylic acid groups (broad SMARTS) is 1. The molecule has 7 heteroatoms. The molecule has 0 saturated carbocycles. The molecular formula is C14H9N2NaO2S2. The zero-order valence-corrected chi connectivity index (χ0v) is 15.1. The Kier molecular flexibility index (Phi) is 5.29. The van der Waals surface area contributed by atoms with E-state index in [0.717, 1.165) is 26.7 Å². The van der Waals surface area contributed by atoms with Crippen LogP contribution < -0.4 is 34.7 Å². The fourth-order valence-corrected chi connectivity index (χ4v) is 3.76. The number of pyridine rings is 1. The van der Waals surface area contributed by atoms with Crippen molar-refractivity contribution in [1.82, 2.24) is 9.97 Å². The first-order valence-corrected chi connectivity index (χ1v) is 7.48. The molecule has 0 aliphatic rings. The summed E-state index contributed by atoms with van der Waals surface area (Å²) in [4.78, 5) is 21.6. The van der Waals surface area contributed by atoms with Gasteiger partial charge >= 0.3 is 29.6 Å². The molecule has 3 heterocycles. The predicted octanol–water partition coefficient (Wildman–Crippen LogP) is -0.390. The van der Waals surface area contributed by atoms with E-state index in [-0.39, 0.29) is 34.4 Å². The molecule has 0 aliphatic carbocycles. The Balaban J connectivity index is 0.00000161. The first-order valence-electron chi connectivity index (χ1n) is 5.84. The maximum absolute atomic E-state index is 10.9. The number of hydrogen-bond acceptors (Lipinski definition) is 6. The van der Waals surface area contributed by atoms with E-state index in [1.165, 1.54) is 0 Å². The van der Waals surface area contributed by atoms with E-state index in [1.807, 2.05) is 24.3 Å². The average molecular weight is 324 g/mol. The normalized spacial score (nSPS) is 10.1. The molecule has 0 aromatic carbocycles. The van der Waals surface area contributed by atoms with Crippen LogP contribution in [0.15, 0.2) is 36.7 Å². The summed E-state index contributed by atoms with van der Waals surface area (Å²) in [5.41, 5.74) is 1.54. The zero-order valence-electron chi connectivity index (χ0n) is 11.5. The van der Waals surface area contributed by atoms with E-state index < -0.39 is 5.97 Å². The molecule has 4 nitrogen and oxygen atoms in total. The van der Waals surface area contributed by atoms with E-state index in [4.69, 9.17) is 0 Å². The van der Waals surface area contributed by atoms with E-state index in [0.29, 0.717) is 10.7 Å². The molecule has 0 amide bonds.